The van der Waals surface area contributed by atoms with Crippen LogP contribution in [0, 0.1) is 5.92 Å². The summed E-state index contributed by atoms with van der Waals surface area (Å²) in [6, 6.07) is 7.56. The van der Waals surface area contributed by atoms with Gasteiger partial charge in [-0.2, -0.15) is 0 Å². The number of rotatable bonds is 3. The van der Waals surface area contributed by atoms with Crippen LogP contribution in [0.2, 0.25) is 0 Å². The van der Waals surface area contributed by atoms with Gasteiger partial charge in [0.1, 0.15) is 0 Å². The van der Waals surface area contributed by atoms with Crippen molar-refractivity contribution in [2.75, 3.05) is 26.7 Å². The zero-order valence-corrected chi connectivity index (χ0v) is 14.8. The van der Waals surface area contributed by atoms with Crippen LogP contribution >= 0.6 is 0 Å². The van der Waals surface area contributed by atoms with Gasteiger partial charge in [0.2, 0.25) is 0 Å². The second-order valence-electron chi connectivity index (χ2n) is 7.35. The maximum absolute atomic E-state index is 12.5. The number of carbonyl (C=O) groups excluding carboxylic acids is 1. The Kier molecular flexibility index (Phi) is 4.42. The molecule has 2 amide bonds. The average Bonchev–Trinajstić information content (AvgIpc) is 3.19. The first-order valence-corrected chi connectivity index (χ1v) is 9.02. The molecule has 2 saturated heterocycles. The van der Waals surface area contributed by atoms with Crippen molar-refractivity contribution in [3.05, 3.63) is 46.2 Å². The average molecular weight is 356 g/mol. The predicted octanol–water partition coefficient (Wildman–Crippen LogP) is 0.734. The molecule has 0 aliphatic carbocycles. The molecule has 2 aliphatic rings. The Morgan fingerprint density at radius 1 is 1.35 bits per heavy atom. The fourth-order valence-electron chi connectivity index (χ4n) is 4.32. The van der Waals surface area contributed by atoms with Crippen molar-refractivity contribution >= 4 is 16.9 Å². The summed E-state index contributed by atoms with van der Waals surface area (Å²) in [6.45, 7) is 2.04. The highest BCUT2D eigenvalue weighted by atomic mass is 16.3. The number of likely N-dealkylation sites (N-methyl/N-ethyl adjacent to an activating group) is 1. The Hall–Kier alpha value is -2.38. The van der Waals surface area contributed by atoms with E-state index in [1.807, 2.05) is 24.1 Å². The second-order valence-corrected chi connectivity index (χ2v) is 7.35. The zero-order chi connectivity index (χ0) is 18.3. The van der Waals surface area contributed by atoms with Crippen molar-refractivity contribution in [2.24, 2.45) is 5.92 Å². The molecule has 3 atom stereocenters. The van der Waals surface area contributed by atoms with Gasteiger partial charge in [0.05, 0.1) is 6.61 Å². The fourth-order valence-corrected chi connectivity index (χ4v) is 4.32. The summed E-state index contributed by atoms with van der Waals surface area (Å²) in [5.41, 5.74) is 1.71. The normalized spacial score (nSPS) is 25.6. The molecule has 2 aliphatic heterocycles. The lowest BCUT2D eigenvalue weighted by atomic mass is 10.0. The van der Waals surface area contributed by atoms with Gasteiger partial charge in [-0.1, -0.05) is 6.07 Å². The first-order valence-electron chi connectivity index (χ1n) is 9.02. The third-order valence-corrected chi connectivity index (χ3v) is 5.85. The van der Waals surface area contributed by atoms with Crippen molar-refractivity contribution in [3.63, 3.8) is 0 Å². The number of hydrogen-bond acceptors (Lipinski definition) is 4. The molecule has 0 bridgehead atoms. The van der Waals surface area contributed by atoms with Crippen molar-refractivity contribution in [1.29, 1.82) is 0 Å². The van der Waals surface area contributed by atoms with Crippen LogP contribution in [0.5, 0.6) is 0 Å². The number of likely N-dealkylation sites (tertiary alicyclic amines) is 2. The van der Waals surface area contributed by atoms with Crippen LogP contribution in [0.1, 0.15) is 12.0 Å². The van der Waals surface area contributed by atoms with Gasteiger partial charge >= 0.3 is 6.03 Å². The summed E-state index contributed by atoms with van der Waals surface area (Å²) >= 11 is 0. The van der Waals surface area contributed by atoms with Gasteiger partial charge in [0, 0.05) is 54.9 Å². The van der Waals surface area contributed by atoms with Gasteiger partial charge in [0.15, 0.2) is 5.43 Å². The molecule has 0 saturated carbocycles. The molecule has 4 rings (SSSR count). The molecular formula is C19H24N4O3. The van der Waals surface area contributed by atoms with E-state index in [0.717, 1.165) is 24.0 Å². The zero-order valence-electron chi connectivity index (χ0n) is 14.8. The highest BCUT2D eigenvalue weighted by Gasteiger charge is 2.45. The van der Waals surface area contributed by atoms with Gasteiger partial charge < -0.3 is 20.3 Å². The van der Waals surface area contributed by atoms with Crippen LogP contribution in [0.25, 0.3) is 10.9 Å². The van der Waals surface area contributed by atoms with Gasteiger partial charge in [-0.05, 0) is 37.1 Å². The minimum absolute atomic E-state index is 0.0109. The number of H-pyrrole nitrogens is 1. The number of hydrogen-bond donors (Lipinski definition) is 3. The minimum atomic E-state index is -0.0602. The van der Waals surface area contributed by atoms with Crippen molar-refractivity contribution in [2.45, 2.75) is 25.0 Å². The number of aromatic nitrogens is 1. The number of carbonyl (C=O) groups is 1. The van der Waals surface area contributed by atoms with Crippen LogP contribution in [0.4, 0.5) is 4.79 Å². The first kappa shape index (κ1) is 17.1. The van der Waals surface area contributed by atoms with E-state index in [0.29, 0.717) is 30.4 Å². The molecule has 3 heterocycles. The molecule has 2 aromatic rings. The molecule has 2 fully saturated rings. The molecule has 0 radical (unpaired) electrons. The molecule has 3 N–H and O–H groups in total. The number of benzene rings is 1. The van der Waals surface area contributed by atoms with E-state index in [1.54, 1.807) is 12.3 Å². The number of aliphatic hydroxyl groups excluding tert-OH is 1. The largest absolute Gasteiger partial charge is 0.395 e. The first-order chi connectivity index (χ1) is 12.6. The molecule has 0 spiro atoms. The van der Waals surface area contributed by atoms with Crippen LogP contribution < -0.4 is 10.7 Å². The van der Waals surface area contributed by atoms with E-state index in [9.17, 15) is 14.7 Å². The number of nitrogens with zero attached hydrogens (tertiary/aromatic N) is 2. The lowest BCUT2D eigenvalue weighted by Gasteiger charge is -2.25. The fraction of sp³-hybridized carbons (Fsp3) is 0.474. The standard InChI is InChI=1S/C19H24N4O3/c1-22-14(11-24)7-13-9-23(10-17(13)22)19(26)21-8-12-2-3-15-16(6-12)20-5-4-18(15)25/h2-6,13-14,17,24H,7-11H2,1H3,(H,20,25)(H,21,26)/t13-,14-,17+/m1/s1. The Bertz CT molecular complexity index is 880. The Morgan fingerprint density at radius 2 is 2.19 bits per heavy atom. The highest BCUT2D eigenvalue weighted by Crippen LogP contribution is 2.34. The summed E-state index contributed by atoms with van der Waals surface area (Å²) in [6.07, 6.45) is 2.58. The second kappa shape index (κ2) is 6.74. The van der Waals surface area contributed by atoms with Crippen molar-refractivity contribution in [3.8, 4) is 0 Å². The number of aliphatic hydroxyl groups is 1. The maximum atomic E-state index is 12.5. The summed E-state index contributed by atoms with van der Waals surface area (Å²) in [7, 11) is 2.03. The monoisotopic (exact) mass is 356 g/mol. The minimum Gasteiger partial charge on any atom is -0.395 e. The van der Waals surface area contributed by atoms with E-state index < -0.39 is 0 Å². The van der Waals surface area contributed by atoms with E-state index in [2.05, 4.69) is 15.2 Å². The highest BCUT2D eigenvalue weighted by molar-refractivity contribution is 5.79. The maximum Gasteiger partial charge on any atom is 0.317 e. The van der Waals surface area contributed by atoms with Gasteiger partial charge in [-0.15, -0.1) is 0 Å². The third kappa shape index (κ3) is 2.97. The molecular weight excluding hydrogens is 332 g/mol. The molecule has 1 aromatic carbocycles. The Morgan fingerprint density at radius 3 is 2.96 bits per heavy atom. The van der Waals surface area contributed by atoms with Gasteiger partial charge in [-0.3, -0.25) is 9.69 Å². The molecule has 7 nitrogen and oxygen atoms in total. The number of urea groups is 1. The van der Waals surface area contributed by atoms with Gasteiger partial charge in [-0.25, -0.2) is 4.79 Å². The molecule has 26 heavy (non-hydrogen) atoms. The van der Waals surface area contributed by atoms with Crippen LogP contribution in [-0.4, -0.2) is 64.7 Å². The SMILES string of the molecule is CN1[C@@H](CO)C[C@@H]2CN(C(=O)NCc3ccc4c(=O)cc[nH]c4c3)C[C@@H]21. The summed E-state index contributed by atoms with van der Waals surface area (Å²) < 4.78 is 0. The van der Waals surface area contributed by atoms with E-state index in [1.165, 1.54) is 6.07 Å². The smallest absolute Gasteiger partial charge is 0.317 e. The van der Waals surface area contributed by atoms with E-state index >= 15 is 0 Å². The number of aromatic amines is 1. The van der Waals surface area contributed by atoms with Gasteiger partial charge in [0.25, 0.3) is 0 Å². The van der Waals surface area contributed by atoms with Crippen LogP contribution in [0.3, 0.4) is 0 Å². The summed E-state index contributed by atoms with van der Waals surface area (Å²) in [5, 5.41) is 13.0. The number of fused-ring (bicyclic) bond motifs is 2. The van der Waals surface area contributed by atoms with E-state index in [4.69, 9.17) is 0 Å². The molecule has 0 unspecified atom stereocenters. The lowest BCUT2D eigenvalue weighted by Crippen LogP contribution is -2.43. The number of pyridine rings is 1. The molecule has 138 valence electrons. The Labute approximate surface area is 151 Å². The molecule has 1 aromatic heterocycles. The number of amides is 2. The predicted molar refractivity (Wildman–Crippen MR) is 98.9 cm³/mol. The van der Waals surface area contributed by atoms with Crippen molar-refractivity contribution < 1.29 is 9.90 Å². The summed E-state index contributed by atoms with van der Waals surface area (Å²) in [4.78, 5) is 31.4. The van der Waals surface area contributed by atoms with Crippen molar-refractivity contribution in [1.82, 2.24) is 20.1 Å². The third-order valence-electron chi connectivity index (χ3n) is 5.85. The molecule has 7 heteroatoms. The van der Waals surface area contributed by atoms with Crippen LogP contribution in [-0.2, 0) is 6.54 Å². The lowest BCUT2D eigenvalue weighted by molar-refractivity contribution is 0.146. The quantitative estimate of drug-likeness (QED) is 0.757. The number of nitrogens with one attached hydrogen (secondary N) is 2. The summed E-state index contributed by atoms with van der Waals surface area (Å²) in [5.74, 6) is 0.439. The van der Waals surface area contributed by atoms with E-state index in [-0.39, 0.29) is 24.1 Å². The Balaban J connectivity index is 1.37. The topological polar surface area (TPSA) is 88.7 Å². The van der Waals surface area contributed by atoms with Crippen LogP contribution in [0.15, 0.2) is 35.3 Å².